The summed E-state index contributed by atoms with van der Waals surface area (Å²) in [6.45, 7) is 3.10. The van der Waals surface area contributed by atoms with Crippen LogP contribution in [-0.2, 0) is 6.42 Å². The number of benzene rings is 3. The molecule has 1 aliphatic heterocycles. The molecule has 0 saturated carbocycles. The molecule has 3 aromatic rings. The van der Waals surface area contributed by atoms with Crippen molar-refractivity contribution in [3.63, 3.8) is 0 Å². The van der Waals surface area contributed by atoms with Gasteiger partial charge in [-0.25, -0.2) is 4.39 Å². The Balaban J connectivity index is 1.65. The average Bonchev–Trinajstić information content (AvgIpc) is 2.83. The smallest absolute Gasteiger partial charge is 0.174 e. The number of ether oxygens (including phenoxy) is 3. The zero-order valence-electron chi connectivity index (χ0n) is 18.9. The highest BCUT2D eigenvalue weighted by molar-refractivity contribution is 7.80. The molecule has 0 amide bonds. The minimum absolute atomic E-state index is 0.164. The molecule has 0 unspecified atom stereocenters. The van der Waals surface area contributed by atoms with Crippen molar-refractivity contribution in [2.75, 3.05) is 32.7 Å². The lowest BCUT2D eigenvalue weighted by atomic mass is 9.92. The van der Waals surface area contributed by atoms with Crippen LogP contribution in [0.5, 0.6) is 17.2 Å². The summed E-state index contributed by atoms with van der Waals surface area (Å²) in [5.41, 5.74) is 4.31. The van der Waals surface area contributed by atoms with Gasteiger partial charge in [0.05, 0.1) is 20.3 Å². The molecule has 0 radical (unpaired) electrons. The molecular weight excluding hydrogens is 439 g/mol. The molecule has 172 valence electrons. The number of nitrogens with one attached hydrogen (secondary N) is 1. The Hall–Kier alpha value is -3.32. The maximum Gasteiger partial charge on any atom is 0.174 e. The summed E-state index contributed by atoms with van der Waals surface area (Å²) in [5, 5.41) is 4.02. The zero-order chi connectivity index (χ0) is 23.4. The van der Waals surface area contributed by atoms with Crippen molar-refractivity contribution < 1.29 is 18.6 Å². The summed E-state index contributed by atoms with van der Waals surface area (Å²) < 4.78 is 30.5. The summed E-state index contributed by atoms with van der Waals surface area (Å²) >= 11 is 5.83. The molecular formula is C26H27FN2O3S. The third kappa shape index (κ3) is 5.03. The first-order valence-corrected chi connectivity index (χ1v) is 11.2. The van der Waals surface area contributed by atoms with E-state index in [4.69, 9.17) is 26.4 Å². The minimum Gasteiger partial charge on any atom is -0.493 e. The third-order valence-electron chi connectivity index (χ3n) is 5.87. The molecule has 1 N–H and O–H groups in total. The van der Waals surface area contributed by atoms with E-state index in [-0.39, 0.29) is 11.9 Å². The predicted molar refractivity (Wildman–Crippen MR) is 132 cm³/mol. The Morgan fingerprint density at radius 3 is 2.45 bits per heavy atom. The number of aryl methyl sites for hydroxylation is 1. The first-order valence-electron chi connectivity index (χ1n) is 10.8. The molecule has 5 nitrogen and oxygen atoms in total. The van der Waals surface area contributed by atoms with Crippen LogP contribution in [0.2, 0.25) is 0 Å². The van der Waals surface area contributed by atoms with Crippen molar-refractivity contribution in [2.45, 2.75) is 19.4 Å². The van der Waals surface area contributed by atoms with Crippen LogP contribution in [0.15, 0.2) is 60.7 Å². The van der Waals surface area contributed by atoms with Gasteiger partial charge in [-0.2, -0.15) is 0 Å². The first-order chi connectivity index (χ1) is 16.0. The van der Waals surface area contributed by atoms with Gasteiger partial charge >= 0.3 is 0 Å². The highest BCUT2D eigenvalue weighted by Crippen LogP contribution is 2.38. The van der Waals surface area contributed by atoms with Crippen molar-refractivity contribution in [3.8, 4) is 17.2 Å². The molecule has 33 heavy (non-hydrogen) atoms. The Kier molecular flexibility index (Phi) is 6.99. The number of methoxy groups -OCH3 is 2. The van der Waals surface area contributed by atoms with Crippen molar-refractivity contribution in [1.82, 2.24) is 4.90 Å². The Morgan fingerprint density at radius 2 is 1.76 bits per heavy atom. The molecule has 0 spiro atoms. The van der Waals surface area contributed by atoms with Gasteiger partial charge in [0.2, 0.25) is 0 Å². The van der Waals surface area contributed by atoms with E-state index in [9.17, 15) is 4.39 Å². The molecule has 0 aromatic heterocycles. The van der Waals surface area contributed by atoms with Crippen molar-refractivity contribution in [3.05, 3.63) is 83.2 Å². The highest BCUT2D eigenvalue weighted by atomic mass is 32.1. The van der Waals surface area contributed by atoms with Gasteiger partial charge in [-0.05, 0) is 84.7 Å². The van der Waals surface area contributed by atoms with Gasteiger partial charge < -0.3 is 24.4 Å². The molecule has 3 aromatic carbocycles. The van der Waals surface area contributed by atoms with E-state index in [1.165, 1.54) is 12.1 Å². The van der Waals surface area contributed by atoms with Gasteiger partial charge in [-0.3, -0.25) is 0 Å². The lowest BCUT2D eigenvalue weighted by Crippen LogP contribution is -2.44. The van der Waals surface area contributed by atoms with Crippen LogP contribution < -0.4 is 19.5 Å². The standard InChI is InChI=1S/C26H27FN2O3S/c1-17-6-4-5-7-22(17)28-26(33)29-13-12-18-14-24(30-2)25(31-3)15-21(18)23(29)16-32-20-10-8-19(27)9-11-20/h4-11,14-15,23H,12-13,16H2,1-3H3,(H,28,33)/t23-/m1/s1. The number of thiocarbonyl (C=S) groups is 1. The van der Waals surface area contributed by atoms with Crippen LogP contribution in [0.3, 0.4) is 0 Å². The quantitative estimate of drug-likeness (QED) is 0.482. The summed E-state index contributed by atoms with van der Waals surface area (Å²) in [4.78, 5) is 2.14. The number of halogens is 1. The second kappa shape index (κ2) is 10.1. The van der Waals surface area contributed by atoms with E-state index in [0.717, 1.165) is 35.3 Å². The molecule has 4 rings (SSSR count). The minimum atomic E-state index is -0.299. The van der Waals surface area contributed by atoms with Crippen molar-refractivity contribution in [1.29, 1.82) is 0 Å². The number of hydrogen-bond donors (Lipinski definition) is 1. The zero-order valence-corrected chi connectivity index (χ0v) is 19.7. The number of anilines is 1. The van der Waals surface area contributed by atoms with Crippen LogP contribution in [-0.4, -0.2) is 37.4 Å². The summed E-state index contributed by atoms with van der Waals surface area (Å²) in [7, 11) is 3.26. The fraction of sp³-hybridized carbons (Fsp3) is 0.269. The molecule has 1 atom stereocenters. The van der Waals surface area contributed by atoms with E-state index in [0.29, 0.717) is 29.0 Å². The fourth-order valence-corrected chi connectivity index (χ4v) is 4.39. The van der Waals surface area contributed by atoms with Gasteiger partial charge in [0.15, 0.2) is 16.6 Å². The molecule has 0 bridgehead atoms. The van der Waals surface area contributed by atoms with Gasteiger partial charge in [0.25, 0.3) is 0 Å². The predicted octanol–water partition coefficient (Wildman–Crippen LogP) is 5.53. The number of fused-ring (bicyclic) bond motifs is 1. The topological polar surface area (TPSA) is 43.0 Å². The number of rotatable bonds is 6. The van der Waals surface area contributed by atoms with E-state index >= 15 is 0 Å². The summed E-state index contributed by atoms with van der Waals surface area (Å²) in [5.74, 6) is 1.65. The SMILES string of the molecule is COc1cc2c(cc1OC)[C@@H](COc1ccc(F)cc1)N(C(=S)Nc1ccccc1C)CC2. The van der Waals surface area contributed by atoms with E-state index in [2.05, 4.69) is 10.2 Å². The second-order valence-electron chi connectivity index (χ2n) is 7.88. The number of para-hydroxylation sites is 1. The summed E-state index contributed by atoms with van der Waals surface area (Å²) in [6.07, 6.45) is 0.804. The van der Waals surface area contributed by atoms with Crippen LogP contribution in [0, 0.1) is 12.7 Å². The number of hydrogen-bond acceptors (Lipinski definition) is 4. The lowest BCUT2D eigenvalue weighted by molar-refractivity contribution is 0.190. The molecule has 0 fully saturated rings. The maximum absolute atomic E-state index is 13.3. The monoisotopic (exact) mass is 466 g/mol. The van der Waals surface area contributed by atoms with Gasteiger partial charge in [-0.1, -0.05) is 18.2 Å². The van der Waals surface area contributed by atoms with Gasteiger partial charge in [0.1, 0.15) is 18.2 Å². The Labute approximate surface area is 199 Å². The van der Waals surface area contributed by atoms with Crippen LogP contribution >= 0.6 is 12.2 Å². The normalized spacial score (nSPS) is 14.9. The highest BCUT2D eigenvalue weighted by Gasteiger charge is 2.31. The summed E-state index contributed by atoms with van der Waals surface area (Å²) in [6, 6.07) is 17.9. The molecule has 0 aliphatic carbocycles. The maximum atomic E-state index is 13.3. The number of nitrogens with zero attached hydrogens (tertiary/aromatic N) is 1. The van der Waals surface area contributed by atoms with E-state index in [1.54, 1.807) is 26.4 Å². The molecule has 0 saturated heterocycles. The molecule has 7 heteroatoms. The van der Waals surface area contributed by atoms with Gasteiger partial charge in [-0.15, -0.1) is 0 Å². The first kappa shape index (κ1) is 22.9. The van der Waals surface area contributed by atoms with Crippen molar-refractivity contribution in [2.24, 2.45) is 0 Å². The van der Waals surface area contributed by atoms with Crippen LogP contribution in [0.25, 0.3) is 0 Å². The second-order valence-corrected chi connectivity index (χ2v) is 8.26. The Bertz CT molecular complexity index is 1140. The largest absolute Gasteiger partial charge is 0.493 e. The van der Waals surface area contributed by atoms with Gasteiger partial charge in [0, 0.05) is 12.2 Å². The molecule has 1 aliphatic rings. The van der Waals surface area contributed by atoms with Crippen LogP contribution in [0.1, 0.15) is 22.7 Å². The van der Waals surface area contributed by atoms with Crippen molar-refractivity contribution >= 4 is 23.0 Å². The average molecular weight is 467 g/mol. The van der Waals surface area contributed by atoms with E-state index in [1.807, 2.05) is 43.3 Å². The molecule has 1 heterocycles. The fourth-order valence-electron chi connectivity index (χ4n) is 4.06. The van der Waals surface area contributed by atoms with E-state index < -0.39 is 0 Å². The third-order valence-corrected chi connectivity index (χ3v) is 6.21. The Morgan fingerprint density at radius 1 is 1.06 bits per heavy atom. The van der Waals surface area contributed by atoms with Crippen LogP contribution in [0.4, 0.5) is 10.1 Å². The lowest BCUT2D eigenvalue weighted by Gasteiger charge is -2.39.